The second kappa shape index (κ2) is 5.85. The summed E-state index contributed by atoms with van der Waals surface area (Å²) in [4.78, 5) is 26.6. The van der Waals surface area contributed by atoms with Crippen molar-refractivity contribution >= 4 is 17.5 Å². The SMILES string of the molecule is CC(C)(C)OC(=O)N1CCN2c3cc([N+](=O)[O-])ccc3OC[C@H]2C1. The summed E-state index contributed by atoms with van der Waals surface area (Å²) in [6.07, 6.45) is -0.341. The Labute approximate surface area is 140 Å². The summed E-state index contributed by atoms with van der Waals surface area (Å²) in [6, 6.07) is 4.56. The summed E-state index contributed by atoms with van der Waals surface area (Å²) < 4.78 is 11.1. The van der Waals surface area contributed by atoms with Crippen LogP contribution in [0.5, 0.6) is 5.75 Å². The van der Waals surface area contributed by atoms with Crippen LogP contribution < -0.4 is 9.64 Å². The average Bonchev–Trinajstić information content (AvgIpc) is 2.52. The summed E-state index contributed by atoms with van der Waals surface area (Å²) in [7, 11) is 0. The van der Waals surface area contributed by atoms with E-state index < -0.39 is 10.5 Å². The number of hydrogen-bond acceptors (Lipinski definition) is 6. The molecular weight excluding hydrogens is 314 g/mol. The van der Waals surface area contributed by atoms with Crippen LogP contribution in [0, 0.1) is 10.1 Å². The fraction of sp³-hybridized carbons (Fsp3) is 0.562. The Morgan fingerprint density at radius 3 is 2.79 bits per heavy atom. The van der Waals surface area contributed by atoms with Crippen molar-refractivity contribution in [3.8, 4) is 5.75 Å². The van der Waals surface area contributed by atoms with Gasteiger partial charge >= 0.3 is 6.09 Å². The molecule has 2 aliphatic rings. The number of anilines is 1. The summed E-state index contributed by atoms with van der Waals surface area (Å²) in [5, 5.41) is 11.0. The number of ether oxygens (including phenoxy) is 2. The number of carbonyl (C=O) groups excluding carboxylic acids is 1. The van der Waals surface area contributed by atoms with Crippen LogP contribution in [0.4, 0.5) is 16.2 Å². The Bertz CT molecular complexity index is 670. The third-order valence-corrected chi connectivity index (χ3v) is 4.03. The summed E-state index contributed by atoms with van der Waals surface area (Å²) >= 11 is 0. The zero-order chi connectivity index (χ0) is 17.5. The molecule has 0 aromatic heterocycles. The van der Waals surface area contributed by atoms with E-state index in [9.17, 15) is 14.9 Å². The maximum Gasteiger partial charge on any atom is 0.410 e. The molecule has 1 aromatic carbocycles. The van der Waals surface area contributed by atoms with Crippen LogP contribution in [0.1, 0.15) is 20.8 Å². The fourth-order valence-electron chi connectivity index (χ4n) is 2.96. The van der Waals surface area contributed by atoms with E-state index in [2.05, 4.69) is 4.90 Å². The van der Waals surface area contributed by atoms with Gasteiger partial charge in [-0.15, -0.1) is 0 Å². The van der Waals surface area contributed by atoms with Crippen molar-refractivity contribution in [2.24, 2.45) is 0 Å². The number of nitrogens with zero attached hydrogens (tertiary/aromatic N) is 3. The Hall–Kier alpha value is -2.51. The van der Waals surface area contributed by atoms with Crippen LogP contribution in [-0.4, -0.2) is 53.8 Å². The monoisotopic (exact) mass is 335 g/mol. The zero-order valence-corrected chi connectivity index (χ0v) is 14.0. The van der Waals surface area contributed by atoms with Crippen LogP contribution >= 0.6 is 0 Å². The smallest absolute Gasteiger partial charge is 0.410 e. The summed E-state index contributed by atoms with van der Waals surface area (Å²) in [5.74, 6) is 0.641. The van der Waals surface area contributed by atoms with Crippen molar-refractivity contribution in [2.75, 3.05) is 31.1 Å². The number of hydrogen-bond donors (Lipinski definition) is 0. The highest BCUT2D eigenvalue weighted by molar-refractivity contribution is 5.70. The summed E-state index contributed by atoms with van der Waals surface area (Å²) in [5.41, 5.74) is 0.210. The molecule has 0 bridgehead atoms. The predicted molar refractivity (Wildman–Crippen MR) is 87.5 cm³/mol. The van der Waals surface area contributed by atoms with E-state index in [-0.39, 0.29) is 17.8 Å². The van der Waals surface area contributed by atoms with Crippen LogP contribution in [-0.2, 0) is 4.74 Å². The van der Waals surface area contributed by atoms with Gasteiger partial charge in [0.1, 0.15) is 18.0 Å². The quantitative estimate of drug-likeness (QED) is 0.579. The van der Waals surface area contributed by atoms with E-state index in [4.69, 9.17) is 9.47 Å². The van der Waals surface area contributed by atoms with E-state index in [1.54, 1.807) is 11.0 Å². The number of piperazine rings is 1. The Balaban J connectivity index is 1.76. The van der Waals surface area contributed by atoms with Crippen molar-refractivity contribution in [1.29, 1.82) is 0 Å². The van der Waals surface area contributed by atoms with E-state index in [1.807, 2.05) is 20.8 Å². The van der Waals surface area contributed by atoms with Crippen LogP contribution in [0.25, 0.3) is 0 Å². The van der Waals surface area contributed by atoms with Crippen molar-refractivity contribution < 1.29 is 19.2 Å². The molecule has 1 atom stereocenters. The minimum absolute atomic E-state index is 0.0348. The number of carbonyl (C=O) groups is 1. The Morgan fingerprint density at radius 2 is 2.12 bits per heavy atom. The van der Waals surface area contributed by atoms with E-state index >= 15 is 0 Å². The molecule has 0 spiro atoms. The molecule has 3 rings (SSSR count). The second-order valence-electron chi connectivity index (χ2n) is 6.99. The average molecular weight is 335 g/mol. The molecule has 8 heteroatoms. The third kappa shape index (κ3) is 3.22. The number of benzene rings is 1. The minimum Gasteiger partial charge on any atom is -0.489 e. The molecule has 0 radical (unpaired) electrons. The molecule has 0 saturated carbocycles. The molecule has 24 heavy (non-hydrogen) atoms. The maximum atomic E-state index is 12.2. The van der Waals surface area contributed by atoms with Crippen LogP contribution in [0.2, 0.25) is 0 Å². The highest BCUT2D eigenvalue weighted by Crippen LogP contribution is 2.37. The van der Waals surface area contributed by atoms with Gasteiger partial charge in [-0.25, -0.2) is 4.79 Å². The molecule has 1 amide bonds. The second-order valence-corrected chi connectivity index (χ2v) is 6.99. The van der Waals surface area contributed by atoms with Gasteiger partial charge in [-0.05, 0) is 26.8 Å². The number of amides is 1. The molecule has 2 aliphatic heterocycles. The first kappa shape index (κ1) is 16.4. The number of nitro groups is 1. The van der Waals surface area contributed by atoms with Crippen molar-refractivity contribution in [1.82, 2.24) is 4.90 Å². The lowest BCUT2D eigenvalue weighted by atomic mass is 10.1. The molecule has 0 unspecified atom stereocenters. The third-order valence-electron chi connectivity index (χ3n) is 4.03. The highest BCUT2D eigenvalue weighted by Gasteiger charge is 2.36. The maximum absolute atomic E-state index is 12.2. The van der Waals surface area contributed by atoms with Gasteiger partial charge in [-0.2, -0.15) is 0 Å². The van der Waals surface area contributed by atoms with Crippen molar-refractivity contribution in [2.45, 2.75) is 32.4 Å². The minimum atomic E-state index is -0.537. The molecule has 130 valence electrons. The number of nitro benzene ring substituents is 1. The predicted octanol–water partition coefficient (Wildman–Crippen LogP) is 2.41. The number of rotatable bonds is 1. The highest BCUT2D eigenvalue weighted by atomic mass is 16.6. The van der Waals surface area contributed by atoms with Gasteiger partial charge in [0.2, 0.25) is 0 Å². The lowest BCUT2D eigenvalue weighted by molar-refractivity contribution is -0.384. The zero-order valence-electron chi connectivity index (χ0n) is 14.0. The molecular formula is C16H21N3O5. The first-order valence-electron chi connectivity index (χ1n) is 7.90. The molecule has 2 heterocycles. The van der Waals surface area contributed by atoms with Crippen LogP contribution in [0.3, 0.4) is 0 Å². The largest absolute Gasteiger partial charge is 0.489 e. The van der Waals surface area contributed by atoms with Gasteiger partial charge in [0.05, 0.1) is 16.7 Å². The standard InChI is InChI=1S/C16H21N3O5/c1-16(2,3)24-15(20)17-6-7-18-12(9-17)10-23-14-5-4-11(19(21)22)8-13(14)18/h4-5,8,12H,6-7,9-10H2,1-3H3/t12-/m1/s1. The van der Waals surface area contributed by atoms with Gasteiger partial charge < -0.3 is 19.3 Å². The first-order valence-corrected chi connectivity index (χ1v) is 7.90. The van der Waals surface area contributed by atoms with Gasteiger partial charge in [-0.1, -0.05) is 0 Å². The number of fused-ring (bicyclic) bond motifs is 3. The Kier molecular flexibility index (Phi) is 3.98. The lowest BCUT2D eigenvalue weighted by Gasteiger charge is -2.45. The summed E-state index contributed by atoms with van der Waals surface area (Å²) in [6.45, 7) is 7.50. The molecule has 1 saturated heterocycles. The molecule has 1 fully saturated rings. The topological polar surface area (TPSA) is 85.2 Å². The normalized spacial score (nSPS) is 19.9. The van der Waals surface area contributed by atoms with Crippen molar-refractivity contribution in [3.05, 3.63) is 28.3 Å². The van der Waals surface area contributed by atoms with Gasteiger partial charge in [-0.3, -0.25) is 10.1 Å². The molecule has 8 nitrogen and oxygen atoms in total. The molecule has 0 N–H and O–H groups in total. The van der Waals surface area contributed by atoms with Crippen LogP contribution in [0.15, 0.2) is 18.2 Å². The van der Waals surface area contributed by atoms with E-state index in [1.165, 1.54) is 12.1 Å². The van der Waals surface area contributed by atoms with Gasteiger partial charge in [0, 0.05) is 31.8 Å². The first-order chi connectivity index (χ1) is 11.2. The Morgan fingerprint density at radius 1 is 1.38 bits per heavy atom. The van der Waals surface area contributed by atoms with E-state index in [0.29, 0.717) is 37.7 Å². The van der Waals surface area contributed by atoms with E-state index in [0.717, 1.165) is 0 Å². The number of non-ortho nitro benzene ring substituents is 1. The fourth-order valence-corrected chi connectivity index (χ4v) is 2.96. The molecule has 0 aliphatic carbocycles. The van der Waals surface area contributed by atoms with Gasteiger partial charge in [0.15, 0.2) is 0 Å². The van der Waals surface area contributed by atoms with Crippen molar-refractivity contribution in [3.63, 3.8) is 0 Å². The lowest BCUT2D eigenvalue weighted by Crippen LogP contribution is -2.59. The molecule has 1 aromatic rings. The van der Waals surface area contributed by atoms with Gasteiger partial charge in [0.25, 0.3) is 5.69 Å².